The van der Waals surface area contributed by atoms with E-state index in [0.717, 1.165) is 40.9 Å². The topological polar surface area (TPSA) is 21.3 Å². The molecule has 100 valence electrons. The van der Waals surface area contributed by atoms with Gasteiger partial charge in [-0.25, -0.2) is 0 Å². The number of rotatable bonds is 8. The lowest BCUT2D eigenvalue weighted by atomic mass is 10.2. The van der Waals surface area contributed by atoms with Gasteiger partial charge in [0.2, 0.25) is 0 Å². The molecule has 0 aliphatic heterocycles. The minimum Gasteiger partial charge on any atom is -0.492 e. The summed E-state index contributed by atoms with van der Waals surface area (Å²) < 4.78 is 6.63. The minimum atomic E-state index is 0.723. The zero-order chi connectivity index (χ0) is 12.8. The first-order valence-corrected chi connectivity index (χ1v) is 7.74. The van der Waals surface area contributed by atoms with E-state index in [1.165, 1.54) is 25.7 Å². The van der Waals surface area contributed by atoms with Crippen LogP contribution in [0.4, 0.5) is 0 Å². The fraction of sp³-hybridized carbons (Fsp3) is 0.571. The predicted octanol–water partition coefficient (Wildman–Crippen LogP) is 4.40. The van der Waals surface area contributed by atoms with E-state index in [1.807, 2.05) is 18.2 Å². The van der Waals surface area contributed by atoms with Gasteiger partial charge in [-0.1, -0.05) is 11.6 Å². The van der Waals surface area contributed by atoms with Gasteiger partial charge in [0.05, 0.1) is 11.1 Å². The molecule has 18 heavy (non-hydrogen) atoms. The highest BCUT2D eigenvalue weighted by Gasteiger charge is 2.19. The number of hydrogen-bond acceptors (Lipinski definition) is 2. The van der Waals surface area contributed by atoms with Crippen LogP contribution in [-0.4, -0.2) is 19.2 Å². The molecule has 0 amide bonds. The van der Waals surface area contributed by atoms with Gasteiger partial charge in [-0.2, -0.15) is 0 Å². The number of benzene rings is 1. The summed E-state index contributed by atoms with van der Waals surface area (Å²) in [5.41, 5.74) is 0. The second kappa shape index (κ2) is 7.37. The predicted molar refractivity (Wildman–Crippen MR) is 79.5 cm³/mol. The molecule has 1 aromatic carbocycles. The minimum absolute atomic E-state index is 0.723. The maximum absolute atomic E-state index is 5.87. The summed E-state index contributed by atoms with van der Waals surface area (Å²) >= 11 is 9.32. The van der Waals surface area contributed by atoms with Crippen molar-refractivity contribution in [3.05, 3.63) is 27.7 Å². The van der Waals surface area contributed by atoms with Crippen molar-refractivity contribution < 1.29 is 4.74 Å². The Morgan fingerprint density at radius 2 is 2.11 bits per heavy atom. The van der Waals surface area contributed by atoms with E-state index in [1.54, 1.807) is 0 Å². The van der Waals surface area contributed by atoms with Crippen molar-refractivity contribution in [2.45, 2.75) is 38.1 Å². The van der Waals surface area contributed by atoms with Crippen LogP contribution in [0.5, 0.6) is 5.75 Å². The molecule has 0 aromatic heterocycles. The van der Waals surface area contributed by atoms with E-state index < -0.39 is 0 Å². The SMILES string of the molecule is Clc1ccc(OCCCCCNC2CC2)c(Br)c1. The summed E-state index contributed by atoms with van der Waals surface area (Å²) in [6.45, 7) is 1.92. The molecule has 1 saturated carbocycles. The molecule has 1 N–H and O–H groups in total. The van der Waals surface area contributed by atoms with E-state index in [4.69, 9.17) is 16.3 Å². The summed E-state index contributed by atoms with van der Waals surface area (Å²) in [5, 5.41) is 4.24. The first-order chi connectivity index (χ1) is 8.75. The second-order valence-electron chi connectivity index (χ2n) is 4.71. The maximum atomic E-state index is 5.87. The fourth-order valence-electron chi connectivity index (χ4n) is 1.77. The van der Waals surface area contributed by atoms with Gasteiger partial charge in [0.15, 0.2) is 0 Å². The van der Waals surface area contributed by atoms with E-state index in [9.17, 15) is 0 Å². The van der Waals surface area contributed by atoms with Gasteiger partial charge in [-0.15, -0.1) is 0 Å². The zero-order valence-electron chi connectivity index (χ0n) is 10.4. The largest absolute Gasteiger partial charge is 0.492 e. The molecular weight excluding hydrogens is 314 g/mol. The van der Waals surface area contributed by atoms with Crippen LogP contribution >= 0.6 is 27.5 Å². The van der Waals surface area contributed by atoms with Gasteiger partial charge in [0, 0.05) is 11.1 Å². The molecule has 0 spiro atoms. The first kappa shape index (κ1) is 14.2. The molecule has 2 nitrogen and oxygen atoms in total. The van der Waals surface area contributed by atoms with Crippen LogP contribution in [0.1, 0.15) is 32.1 Å². The van der Waals surface area contributed by atoms with E-state index >= 15 is 0 Å². The quantitative estimate of drug-likeness (QED) is 0.712. The molecule has 1 aromatic rings. The van der Waals surface area contributed by atoms with Crippen molar-refractivity contribution in [1.82, 2.24) is 5.32 Å². The van der Waals surface area contributed by atoms with Crippen molar-refractivity contribution in [1.29, 1.82) is 0 Å². The van der Waals surface area contributed by atoms with Crippen LogP contribution in [0.25, 0.3) is 0 Å². The van der Waals surface area contributed by atoms with Gasteiger partial charge in [0.25, 0.3) is 0 Å². The third-order valence-corrected chi connectivity index (χ3v) is 3.84. The molecule has 0 unspecified atom stereocenters. The van der Waals surface area contributed by atoms with E-state index in [2.05, 4.69) is 21.2 Å². The third-order valence-electron chi connectivity index (χ3n) is 2.98. The Kier molecular flexibility index (Phi) is 5.80. The number of ether oxygens (including phenoxy) is 1. The van der Waals surface area contributed by atoms with Crippen LogP contribution in [0.3, 0.4) is 0 Å². The highest BCUT2D eigenvalue weighted by molar-refractivity contribution is 9.10. The molecule has 1 aliphatic carbocycles. The average Bonchev–Trinajstić information content (AvgIpc) is 3.14. The molecule has 1 fully saturated rings. The smallest absolute Gasteiger partial charge is 0.133 e. The average molecular weight is 333 g/mol. The lowest BCUT2D eigenvalue weighted by Gasteiger charge is -2.08. The third kappa shape index (κ3) is 5.17. The first-order valence-electron chi connectivity index (χ1n) is 6.57. The molecular formula is C14H19BrClNO. The van der Waals surface area contributed by atoms with Gasteiger partial charge in [-0.3, -0.25) is 0 Å². The molecule has 4 heteroatoms. The molecule has 1 aliphatic rings. The van der Waals surface area contributed by atoms with Crippen molar-refractivity contribution in [2.24, 2.45) is 0 Å². The Bertz CT molecular complexity index is 382. The standard InChI is InChI=1S/C14H19BrClNO/c15-13-10-11(16)4-7-14(13)18-9-3-1-2-8-17-12-5-6-12/h4,7,10,12,17H,1-3,5-6,8-9H2. The van der Waals surface area contributed by atoms with Crippen molar-refractivity contribution in [2.75, 3.05) is 13.2 Å². The number of hydrogen-bond donors (Lipinski definition) is 1. The fourth-order valence-corrected chi connectivity index (χ4v) is 2.57. The molecule has 0 radical (unpaired) electrons. The summed E-state index contributed by atoms with van der Waals surface area (Å²) in [6.07, 6.45) is 6.29. The highest BCUT2D eigenvalue weighted by Crippen LogP contribution is 2.28. The Morgan fingerprint density at radius 3 is 2.83 bits per heavy atom. The summed E-state index contributed by atoms with van der Waals surface area (Å²) in [5.74, 6) is 0.871. The summed E-state index contributed by atoms with van der Waals surface area (Å²) in [4.78, 5) is 0. The number of halogens is 2. The summed E-state index contributed by atoms with van der Waals surface area (Å²) in [6, 6.07) is 6.44. The maximum Gasteiger partial charge on any atom is 0.133 e. The van der Waals surface area contributed by atoms with Gasteiger partial charge < -0.3 is 10.1 Å². The number of nitrogens with one attached hydrogen (secondary N) is 1. The lowest BCUT2D eigenvalue weighted by Crippen LogP contribution is -2.17. The van der Waals surface area contributed by atoms with Crippen molar-refractivity contribution in [3.63, 3.8) is 0 Å². The van der Waals surface area contributed by atoms with Gasteiger partial charge >= 0.3 is 0 Å². The Morgan fingerprint density at radius 1 is 1.28 bits per heavy atom. The molecule has 0 heterocycles. The Hall–Kier alpha value is -0.250. The molecule has 0 saturated heterocycles. The Labute approximate surface area is 122 Å². The van der Waals surface area contributed by atoms with Crippen LogP contribution in [0.2, 0.25) is 5.02 Å². The van der Waals surface area contributed by atoms with E-state index in [-0.39, 0.29) is 0 Å². The Balaban J connectivity index is 1.53. The van der Waals surface area contributed by atoms with Gasteiger partial charge in [0.1, 0.15) is 5.75 Å². The normalized spacial score (nSPS) is 14.8. The van der Waals surface area contributed by atoms with Crippen LogP contribution in [0, 0.1) is 0 Å². The second-order valence-corrected chi connectivity index (χ2v) is 6.00. The highest BCUT2D eigenvalue weighted by atomic mass is 79.9. The van der Waals surface area contributed by atoms with E-state index in [0.29, 0.717) is 0 Å². The molecule has 2 rings (SSSR count). The molecule has 0 atom stereocenters. The lowest BCUT2D eigenvalue weighted by molar-refractivity contribution is 0.303. The van der Waals surface area contributed by atoms with Crippen molar-refractivity contribution in [3.8, 4) is 5.75 Å². The zero-order valence-corrected chi connectivity index (χ0v) is 12.8. The van der Waals surface area contributed by atoms with Crippen LogP contribution in [-0.2, 0) is 0 Å². The van der Waals surface area contributed by atoms with Crippen LogP contribution < -0.4 is 10.1 Å². The van der Waals surface area contributed by atoms with Crippen molar-refractivity contribution >= 4 is 27.5 Å². The molecule has 0 bridgehead atoms. The monoisotopic (exact) mass is 331 g/mol. The number of unbranched alkanes of at least 4 members (excludes halogenated alkanes) is 2. The summed E-state index contributed by atoms with van der Waals surface area (Å²) in [7, 11) is 0. The van der Waals surface area contributed by atoms with Crippen LogP contribution in [0.15, 0.2) is 22.7 Å². The van der Waals surface area contributed by atoms with Gasteiger partial charge in [-0.05, 0) is 72.8 Å².